The smallest absolute Gasteiger partial charge is 0.241 e. The van der Waals surface area contributed by atoms with Crippen LogP contribution in [0.4, 0.5) is 10.1 Å². The number of benzene rings is 1. The third-order valence-electron chi connectivity index (χ3n) is 6.30. The van der Waals surface area contributed by atoms with Crippen LogP contribution in [-0.2, 0) is 9.59 Å². The van der Waals surface area contributed by atoms with Crippen molar-refractivity contribution in [3.63, 3.8) is 0 Å². The van der Waals surface area contributed by atoms with E-state index in [0.717, 1.165) is 39.0 Å². The largest absolute Gasteiger partial charge is 0.342 e. The van der Waals surface area contributed by atoms with E-state index in [1.165, 1.54) is 31.4 Å². The number of carbonyl (C=O) groups is 2. The molecule has 6 nitrogen and oxygen atoms in total. The molecule has 1 atom stereocenters. The van der Waals surface area contributed by atoms with E-state index in [-0.39, 0.29) is 23.7 Å². The number of halogens is 1. The molecule has 7 heteroatoms. The molecule has 1 saturated carbocycles. The third kappa shape index (κ3) is 6.00. The maximum atomic E-state index is 13.3. The number of piperazine rings is 1. The van der Waals surface area contributed by atoms with Gasteiger partial charge in [0.2, 0.25) is 11.8 Å². The van der Waals surface area contributed by atoms with Gasteiger partial charge in [-0.3, -0.25) is 19.4 Å². The second-order valence-corrected chi connectivity index (χ2v) is 8.28. The number of anilines is 1. The summed E-state index contributed by atoms with van der Waals surface area (Å²) in [4.78, 5) is 31.4. The molecule has 2 aliphatic rings. The lowest BCUT2D eigenvalue weighted by molar-refractivity contribution is -0.134. The number of carbonyl (C=O) groups excluding carboxylic acids is 2. The Kier molecular flexibility index (Phi) is 7.61. The zero-order valence-corrected chi connectivity index (χ0v) is 17.6. The van der Waals surface area contributed by atoms with Gasteiger partial charge < -0.3 is 10.2 Å². The lowest BCUT2D eigenvalue weighted by Crippen LogP contribution is -2.54. The first-order chi connectivity index (χ1) is 13.9. The Hall–Kier alpha value is -1.99. The van der Waals surface area contributed by atoms with Crippen molar-refractivity contribution in [3.8, 4) is 0 Å². The summed E-state index contributed by atoms with van der Waals surface area (Å²) in [6.45, 7) is 5.32. The average molecular weight is 405 g/mol. The Balaban J connectivity index is 1.43. The minimum atomic E-state index is -0.369. The van der Waals surface area contributed by atoms with E-state index in [1.54, 1.807) is 12.1 Å². The molecule has 1 N–H and O–H groups in total. The number of amides is 2. The highest BCUT2D eigenvalue weighted by molar-refractivity contribution is 5.94. The molecule has 3 rings (SSSR count). The molecule has 29 heavy (non-hydrogen) atoms. The van der Waals surface area contributed by atoms with Gasteiger partial charge in [-0.1, -0.05) is 25.3 Å². The van der Waals surface area contributed by atoms with Crippen LogP contribution in [0.2, 0.25) is 0 Å². The first-order valence-corrected chi connectivity index (χ1v) is 10.7. The minimum absolute atomic E-state index is 0.142. The molecular formula is C22H33FN4O2. The maximum Gasteiger partial charge on any atom is 0.241 e. The lowest BCUT2D eigenvalue weighted by Gasteiger charge is -2.38. The zero-order valence-electron chi connectivity index (χ0n) is 17.6. The fourth-order valence-electron chi connectivity index (χ4n) is 4.26. The first-order valence-electron chi connectivity index (χ1n) is 10.7. The molecule has 0 bridgehead atoms. The highest BCUT2D eigenvalue weighted by Crippen LogP contribution is 2.22. The molecule has 0 spiro atoms. The minimum Gasteiger partial charge on any atom is -0.342 e. The molecule has 1 aromatic rings. The fraction of sp³-hybridized carbons (Fsp3) is 0.636. The second kappa shape index (κ2) is 10.2. The summed E-state index contributed by atoms with van der Waals surface area (Å²) in [5.74, 6) is -0.314. The molecule has 1 aliphatic heterocycles. The number of likely N-dealkylation sites (N-methyl/N-ethyl adjacent to an activating group) is 1. The van der Waals surface area contributed by atoms with Gasteiger partial charge in [-0.25, -0.2) is 4.39 Å². The standard InChI is InChI=1S/C22H33FN4O2/c1-17(22(29)24-19-8-6-7-18(23)15-19)27-13-11-26(12-14-27)16-21(28)25(2)20-9-4-3-5-10-20/h6-8,15,17,20H,3-5,9-14,16H2,1-2H3,(H,24,29). The monoisotopic (exact) mass is 404 g/mol. The molecule has 0 radical (unpaired) electrons. The number of rotatable bonds is 6. The van der Waals surface area contributed by atoms with Crippen molar-refractivity contribution >= 4 is 17.5 Å². The topological polar surface area (TPSA) is 55.9 Å². The summed E-state index contributed by atoms with van der Waals surface area (Å²) in [6.07, 6.45) is 5.96. The van der Waals surface area contributed by atoms with Crippen LogP contribution in [0.1, 0.15) is 39.0 Å². The van der Waals surface area contributed by atoms with E-state index >= 15 is 0 Å². The molecule has 2 amide bonds. The number of hydrogen-bond donors (Lipinski definition) is 1. The molecule has 1 heterocycles. The quantitative estimate of drug-likeness (QED) is 0.792. The van der Waals surface area contributed by atoms with Gasteiger partial charge in [0, 0.05) is 45.0 Å². The summed E-state index contributed by atoms with van der Waals surface area (Å²) in [5.41, 5.74) is 0.469. The van der Waals surface area contributed by atoms with E-state index in [4.69, 9.17) is 0 Å². The van der Waals surface area contributed by atoms with Crippen LogP contribution in [0.15, 0.2) is 24.3 Å². The number of nitrogens with one attached hydrogen (secondary N) is 1. The Labute approximate surface area is 173 Å². The Morgan fingerprint density at radius 3 is 2.52 bits per heavy atom. The highest BCUT2D eigenvalue weighted by atomic mass is 19.1. The van der Waals surface area contributed by atoms with Crippen LogP contribution in [0, 0.1) is 5.82 Å². The van der Waals surface area contributed by atoms with E-state index in [9.17, 15) is 14.0 Å². The normalized spacial score (nSPS) is 20.2. The molecular weight excluding hydrogens is 371 g/mol. The first kappa shape index (κ1) is 21.7. The summed E-state index contributed by atoms with van der Waals surface area (Å²) in [6, 6.07) is 6.02. The van der Waals surface area contributed by atoms with Crippen molar-refractivity contribution < 1.29 is 14.0 Å². The van der Waals surface area contributed by atoms with Crippen LogP contribution in [-0.4, -0.2) is 78.4 Å². The molecule has 1 aromatic carbocycles. The molecule has 160 valence electrons. The van der Waals surface area contributed by atoms with Crippen LogP contribution >= 0.6 is 0 Å². The summed E-state index contributed by atoms with van der Waals surface area (Å²) in [5, 5.41) is 2.78. The Bertz CT molecular complexity index is 700. The van der Waals surface area contributed by atoms with Gasteiger partial charge in [0.25, 0.3) is 0 Å². The fourth-order valence-corrected chi connectivity index (χ4v) is 4.26. The summed E-state index contributed by atoms with van der Waals surface area (Å²) in [7, 11) is 1.94. The third-order valence-corrected chi connectivity index (χ3v) is 6.30. The van der Waals surface area contributed by atoms with Crippen molar-refractivity contribution in [2.24, 2.45) is 0 Å². The highest BCUT2D eigenvalue weighted by Gasteiger charge is 2.28. The predicted molar refractivity (Wildman–Crippen MR) is 112 cm³/mol. The van der Waals surface area contributed by atoms with Gasteiger partial charge in [0.05, 0.1) is 12.6 Å². The van der Waals surface area contributed by atoms with Gasteiger partial charge in [0.15, 0.2) is 0 Å². The molecule has 0 aromatic heterocycles. The van der Waals surface area contributed by atoms with E-state index < -0.39 is 0 Å². The molecule has 1 aliphatic carbocycles. The van der Waals surface area contributed by atoms with E-state index in [2.05, 4.69) is 15.1 Å². The van der Waals surface area contributed by atoms with Gasteiger partial charge in [0.1, 0.15) is 5.82 Å². The van der Waals surface area contributed by atoms with E-state index in [0.29, 0.717) is 18.3 Å². The average Bonchev–Trinajstić information content (AvgIpc) is 2.74. The van der Waals surface area contributed by atoms with Gasteiger partial charge in [-0.2, -0.15) is 0 Å². The predicted octanol–water partition coefficient (Wildman–Crippen LogP) is 2.56. The van der Waals surface area contributed by atoms with Crippen molar-refractivity contribution in [3.05, 3.63) is 30.1 Å². The molecule has 2 fully saturated rings. The van der Waals surface area contributed by atoms with Crippen LogP contribution in [0.5, 0.6) is 0 Å². The zero-order chi connectivity index (χ0) is 20.8. The van der Waals surface area contributed by atoms with Crippen molar-refractivity contribution in [2.75, 3.05) is 45.1 Å². The van der Waals surface area contributed by atoms with Gasteiger partial charge in [-0.15, -0.1) is 0 Å². The number of hydrogen-bond acceptors (Lipinski definition) is 4. The van der Waals surface area contributed by atoms with E-state index in [1.807, 2.05) is 18.9 Å². The van der Waals surface area contributed by atoms with Crippen molar-refractivity contribution in [2.45, 2.75) is 51.1 Å². The van der Waals surface area contributed by atoms with Crippen LogP contribution < -0.4 is 5.32 Å². The molecule has 1 saturated heterocycles. The maximum absolute atomic E-state index is 13.3. The van der Waals surface area contributed by atoms with Crippen molar-refractivity contribution in [1.29, 1.82) is 0 Å². The van der Waals surface area contributed by atoms with Gasteiger partial charge in [-0.05, 0) is 38.0 Å². The lowest BCUT2D eigenvalue weighted by atomic mass is 9.94. The summed E-state index contributed by atoms with van der Waals surface area (Å²) >= 11 is 0. The van der Waals surface area contributed by atoms with Crippen LogP contribution in [0.3, 0.4) is 0 Å². The number of nitrogens with zero attached hydrogens (tertiary/aromatic N) is 3. The van der Waals surface area contributed by atoms with Crippen LogP contribution in [0.25, 0.3) is 0 Å². The SMILES string of the molecule is CC(C(=O)Nc1cccc(F)c1)N1CCN(CC(=O)N(C)C2CCCCC2)CC1. The van der Waals surface area contributed by atoms with Crippen molar-refractivity contribution in [1.82, 2.24) is 14.7 Å². The Morgan fingerprint density at radius 2 is 1.86 bits per heavy atom. The Morgan fingerprint density at radius 1 is 1.17 bits per heavy atom. The second-order valence-electron chi connectivity index (χ2n) is 8.28. The summed E-state index contributed by atoms with van der Waals surface area (Å²) < 4.78 is 13.3. The molecule has 1 unspecified atom stereocenters. The van der Waals surface area contributed by atoms with Gasteiger partial charge >= 0.3 is 0 Å².